The molecular weight excluding hydrogens is 898 g/mol. The maximum absolute atomic E-state index is 16.2. The van der Waals surface area contributed by atoms with Gasteiger partial charge in [-0.3, -0.25) is 34.4 Å². The number of carbonyl (C=O) groups excluding carboxylic acids is 4. The lowest BCUT2D eigenvalue weighted by Gasteiger charge is -2.47. The number of hydrogen-bond acceptors (Lipinski definition) is 12. The van der Waals surface area contributed by atoms with Crippen LogP contribution in [-0.4, -0.2) is 149 Å². The molecule has 10 rings (SSSR count). The van der Waals surface area contributed by atoms with Gasteiger partial charge in [0.05, 0.1) is 53.0 Å². The Morgan fingerprint density at radius 3 is 2.37 bits per heavy atom. The molecule has 6 aliphatic rings. The molecule has 0 unspecified atom stereocenters. The summed E-state index contributed by atoms with van der Waals surface area (Å²) in [5.74, 6) is -2.26. The van der Waals surface area contributed by atoms with E-state index in [2.05, 4.69) is 30.8 Å². The number of pyridine rings is 1. The third-order valence-electron chi connectivity index (χ3n) is 15.4. The van der Waals surface area contributed by atoms with Crippen molar-refractivity contribution in [1.29, 1.82) is 0 Å². The summed E-state index contributed by atoms with van der Waals surface area (Å²) in [5.41, 5.74) is 5.72. The standard InChI is InChI=1S/C48H59ClF2N12O5/c1-28-43(49)37(62-22-15-42(64)56-47(62)67)23-35(54-28)46(66)60-19-11-30(12-20-60)29-9-17-59(18-10-29)40-14-16-58(27-48(40,50)51)26-31-5-4-6-36-32(31)13-21-61(36)41-24-34(52-2)44-53-25-38(63(44)57-41)45(65)55-33-7-8-39(33)68-3/h4-6,23-25,29-30,33,39-40,52H,7-22,26-27H2,1-3H3,(H,55,65)(H,56,64,67)/t33-,39-,40-/m1/s1. The lowest BCUT2D eigenvalue weighted by atomic mass is 9.78. The first-order valence-electron chi connectivity index (χ1n) is 24.0. The SMILES string of the molecule is CNc1cc(N2CCc3c(CN4CC[C@@H](N5CCC(C6CCN(C(=O)c7cc(N8CCC(=O)NC8=O)c(Cl)c(C)n7)CC6)CC5)C(F)(F)C4)cccc32)nn2c(C(=O)N[C@@H]3CC[C@H]3OC)cnc12. The molecule has 1 aliphatic carbocycles. The molecule has 3 N–H and O–H groups in total. The third kappa shape index (κ3) is 8.75. The number of fused-ring (bicyclic) bond motifs is 2. The van der Waals surface area contributed by atoms with Crippen LogP contribution in [0.3, 0.4) is 0 Å². The van der Waals surface area contributed by atoms with Crippen LogP contribution in [0.1, 0.15) is 89.2 Å². The minimum absolute atomic E-state index is 0.00662. The Hall–Kier alpha value is -5.50. The van der Waals surface area contributed by atoms with Gasteiger partial charge in [0.1, 0.15) is 5.69 Å². The van der Waals surface area contributed by atoms with Crippen LogP contribution >= 0.6 is 11.6 Å². The fourth-order valence-corrected chi connectivity index (χ4v) is 11.7. The van der Waals surface area contributed by atoms with E-state index in [9.17, 15) is 19.2 Å². The second kappa shape index (κ2) is 18.8. The van der Waals surface area contributed by atoms with E-state index in [1.807, 2.05) is 41.1 Å². The summed E-state index contributed by atoms with van der Waals surface area (Å²) in [4.78, 5) is 69.6. The van der Waals surface area contributed by atoms with Crippen molar-refractivity contribution in [2.75, 3.05) is 81.6 Å². The van der Waals surface area contributed by atoms with Gasteiger partial charge in [-0.25, -0.2) is 28.1 Å². The maximum Gasteiger partial charge on any atom is 0.328 e. The number of aromatic nitrogens is 4. The molecule has 5 fully saturated rings. The van der Waals surface area contributed by atoms with Gasteiger partial charge in [0.25, 0.3) is 17.7 Å². The monoisotopic (exact) mass is 956 g/mol. The number of rotatable bonds is 11. The number of ether oxygens (including phenoxy) is 1. The van der Waals surface area contributed by atoms with Crippen molar-refractivity contribution in [3.05, 3.63) is 69.8 Å². The van der Waals surface area contributed by atoms with Crippen LogP contribution in [0.4, 0.5) is 36.5 Å². The van der Waals surface area contributed by atoms with Gasteiger partial charge in [0.15, 0.2) is 17.2 Å². The molecule has 68 heavy (non-hydrogen) atoms. The van der Waals surface area contributed by atoms with Crippen LogP contribution in [0.5, 0.6) is 0 Å². The number of piperidine rings is 3. The molecule has 4 saturated heterocycles. The smallest absolute Gasteiger partial charge is 0.328 e. The molecular formula is C48H59ClF2N12O5. The van der Waals surface area contributed by atoms with Gasteiger partial charge in [-0.2, -0.15) is 0 Å². The maximum atomic E-state index is 16.2. The van der Waals surface area contributed by atoms with Crippen LogP contribution in [0.2, 0.25) is 5.02 Å². The zero-order chi connectivity index (χ0) is 47.4. The van der Waals surface area contributed by atoms with E-state index in [-0.39, 0.29) is 60.1 Å². The molecule has 1 saturated carbocycles. The number of methoxy groups -OCH3 is 1. The summed E-state index contributed by atoms with van der Waals surface area (Å²) < 4.78 is 39.6. The van der Waals surface area contributed by atoms with Crippen molar-refractivity contribution in [3.63, 3.8) is 0 Å². The summed E-state index contributed by atoms with van der Waals surface area (Å²) in [6, 6.07) is 8.11. The number of imide groups is 1. The molecule has 0 bridgehead atoms. The van der Waals surface area contributed by atoms with Gasteiger partial charge >= 0.3 is 6.03 Å². The Kier molecular flexibility index (Phi) is 12.8. The van der Waals surface area contributed by atoms with Gasteiger partial charge in [-0.15, -0.1) is 5.10 Å². The van der Waals surface area contributed by atoms with Gasteiger partial charge in [0, 0.05) is 71.6 Å². The molecule has 20 heteroatoms. The van der Waals surface area contributed by atoms with Crippen molar-refractivity contribution >= 4 is 63.9 Å². The van der Waals surface area contributed by atoms with Crippen molar-refractivity contribution < 1.29 is 32.7 Å². The Balaban J connectivity index is 0.731. The number of imidazole rings is 1. The molecule has 0 spiro atoms. The molecule has 4 aromatic rings. The van der Waals surface area contributed by atoms with Crippen molar-refractivity contribution in [1.82, 2.24) is 44.9 Å². The highest BCUT2D eigenvalue weighted by Gasteiger charge is 2.48. The number of aryl methyl sites for hydroxylation is 1. The van der Waals surface area contributed by atoms with Crippen LogP contribution < -0.4 is 25.8 Å². The second-order valence-corrected chi connectivity index (χ2v) is 19.6. The highest BCUT2D eigenvalue weighted by atomic mass is 35.5. The normalized spacial score (nSPS) is 24.0. The van der Waals surface area contributed by atoms with Gasteiger partial charge < -0.3 is 25.2 Å². The van der Waals surface area contributed by atoms with E-state index in [1.165, 1.54) is 11.0 Å². The fraction of sp³-hybridized carbons (Fsp3) is 0.562. The van der Waals surface area contributed by atoms with E-state index in [1.54, 1.807) is 29.6 Å². The van der Waals surface area contributed by atoms with Crippen LogP contribution in [0, 0.1) is 18.8 Å². The lowest BCUT2D eigenvalue weighted by Crippen LogP contribution is -2.59. The van der Waals surface area contributed by atoms with Gasteiger partial charge in [-0.05, 0) is 106 Å². The van der Waals surface area contributed by atoms with Crippen LogP contribution in [0.25, 0.3) is 5.65 Å². The molecule has 5 aliphatic heterocycles. The zero-order valence-corrected chi connectivity index (χ0v) is 39.5. The van der Waals surface area contributed by atoms with E-state index in [4.69, 9.17) is 21.4 Å². The molecule has 8 heterocycles. The number of carbonyl (C=O) groups is 4. The van der Waals surface area contributed by atoms with Crippen molar-refractivity contribution in [3.8, 4) is 0 Å². The predicted octanol–water partition coefficient (Wildman–Crippen LogP) is 5.65. The molecule has 17 nitrogen and oxygen atoms in total. The number of nitrogens with one attached hydrogen (secondary N) is 3. The third-order valence-corrected chi connectivity index (χ3v) is 15.9. The predicted molar refractivity (Wildman–Crippen MR) is 252 cm³/mol. The number of amides is 5. The van der Waals surface area contributed by atoms with Gasteiger partial charge in [0.2, 0.25) is 5.91 Å². The quantitative estimate of drug-likeness (QED) is 0.169. The van der Waals surface area contributed by atoms with E-state index >= 15 is 8.78 Å². The average Bonchev–Trinajstić information content (AvgIpc) is 3.97. The molecule has 362 valence electrons. The average molecular weight is 958 g/mol. The number of alkyl halides is 2. The largest absolute Gasteiger partial charge is 0.385 e. The van der Waals surface area contributed by atoms with Gasteiger partial charge in [-0.1, -0.05) is 23.7 Å². The number of hydrogen-bond donors (Lipinski definition) is 3. The topological polar surface area (TPSA) is 173 Å². The summed E-state index contributed by atoms with van der Waals surface area (Å²) in [7, 11) is 3.47. The summed E-state index contributed by atoms with van der Waals surface area (Å²) in [6.45, 7) is 5.60. The highest BCUT2D eigenvalue weighted by Crippen LogP contribution is 2.41. The fourth-order valence-electron chi connectivity index (χ4n) is 11.5. The number of benzene rings is 1. The molecule has 5 amide bonds. The Morgan fingerprint density at radius 2 is 1.68 bits per heavy atom. The summed E-state index contributed by atoms with van der Waals surface area (Å²) in [5, 5.41) is 13.8. The Morgan fingerprint density at radius 1 is 0.926 bits per heavy atom. The van der Waals surface area contributed by atoms with E-state index < -0.39 is 18.0 Å². The number of nitrogens with zero attached hydrogens (tertiary/aromatic N) is 9. The minimum Gasteiger partial charge on any atom is -0.385 e. The number of likely N-dealkylation sites (tertiary alicyclic amines) is 3. The Labute approximate surface area is 398 Å². The summed E-state index contributed by atoms with van der Waals surface area (Å²) in [6.07, 6.45) is 7.91. The molecule has 3 atom stereocenters. The lowest BCUT2D eigenvalue weighted by molar-refractivity contribution is -0.135. The van der Waals surface area contributed by atoms with Crippen molar-refractivity contribution in [2.24, 2.45) is 11.8 Å². The van der Waals surface area contributed by atoms with E-state index in [0.29, 0.717) is 92.6 Å². The van der Waals surface area contributed by atoms with Crippen LogP contribution in [-0.2, 0) is 22.5 Å². The first kappa shape index (κ1) is 46.2. The molecule has 3 aromatic heterocycles. The zero-order valence-electron chi connectivity index (χ0n) is 38.8. The number of halogens is 3. The molecule has 0 radical (unpaired) electrons. The number of urea groups is 1. The minimum atomic E-state index is -2.87. The first-order valence-corrected chi connectivity index (χ1v) is 24.4. The molecule has 1 aromatic carbocycles. The highest BCUT2D eigenvalue weighted by molar-refractivity contribution is 6.34. The first-order chi connectivity index (χ1) is 32.8. The Bertz CT molecular complexity index is 2610. The van der Waals surface area contributed by atoms with Crippen LogP contribution in [0.15, 0.2) is 36.5 Å². The van der Waals surface area contributed by atoms with E-state index in [0.717, 1.165) is 67.4 Å². The number of anilines is 4. The second-order valence-electron chi connectivity index (χ2n) is 19.3. The van der Waals surface area contributed by atoms with Crippen molar-refractivity contribution in [2.45, 2.75) is 95.4 Å². The summed E-state index contributed by atoms with van der Waals surface area (Å²) >= 11 is 6.53.